The Morgan fingerprint density at radius 3 is 1.29 bits per heavy atom. The summed E-state index contributed by atoms with van der Waals surface area (Å²) in [5.41, 5.74) is 7.48. The molecule has 0 aliphatic rings. The molecule has 0 N–H and O–H groups in total. The van der Waals surface area contributed by atoms with Crippen molar-refractivity contribution in [2.75, 3.05) is 36.0 Å². The largest absolute Gasteiger partial charge is 0.422 e. The molecule has 8 rings (SSSR count). The maximum Gasteiger partial charge on any atom is 0.344 e. The number of hydrogen-bond donors (Lipinski definition) is 0. The lowest BCUT2D eigenvalue weighted by atomic mass is 10.0. The van der Waals surface area contributed by atoms with Crippen molar-refractivity contribution in [3.05, 3.63) is 130 Å². The third-order valence-corrected chi connectivity index (χ3v) is 12.2. The molecule has 0 saturated carbocycles. The van der Waals surface area contributed by atoms with Crippen molar-refractivity contribution in [1.29, 1.82) is 0 Å². The third kappa shape index (κ3) is 6.22. The van der Waals surface area contributed by atoms with Crippen LogP contribution in [0.3, 0.4) is 0 Å². The van der Waals surface area contributed by atoms with Crippen LogP contribution >= 0.6 is 22.7 Å². The van der Waals surface area contributed by atoms with E-state index in [0.717, 1.165) is 80.3 Å². The normalized spacial score (nSPS) is 11.5. The molecule has 8 aromatic rings. The van der Waals surface area contributed by atoms with Crippen molar-refractivity contribution in [3.63, 3.8) is 0 Å². The van der Waals surface area contributed by atoms with Gasteiger partial charge in [-0.2, -0.15) is 0 Å². The van der Waals surface area contributed by atoms with Gasteiger partial charge >= 0.3 is 11.3 Å². The Balaban J connectivity index is 1.07. The molecule has 52 heavy (non-hydrogen) atoms. The van der Waals surface area contributed by atoms with E-state index in [4.69, 9.17) is 8.83 Å². The molecule has 4 aromatic carbocycles. The Kier molecular flexibility index (Phi) is 9.03. The summed E-state index contributed by atoms with van der Waals surface area (Å²) in [4.78, 5) is 33.2. The van der Waals surface area contributed by atoms with E-state index >= 15 is 0 Å². The highest BCUT2D eigenvalue weighted by atomic mass is 32.1. The van der Waals surface area contributed by atoms with Gasteiger partial charge in [-0.25, -0.2) is 9.59 Å². The van der Waals surface area contributed by atoms with Crippen LogP contribution in [0.1, 0.15) is 27.7 Å². The predicted octanol–water partition coefficient (Wildman–Crippen LogP) is 11.5. The monoisotopic (exact) mass is 722 g/mol. The summed E-state index contributed by atoms with van der Waals surface area (Å²) in [6, 6.07) is 36.7. The molecule has 0 aliphatic carbocycles. The quantitative estimate of drug-likeness (QED) is 0.131. The van der Waals surface area contributed by atoms with E-state index in [9.17, 15) is 9.59 Å². The maximum atomic E-state index is 13.2. The second-order valence-electron chi connectivity index (χ2n) is 12.8. The molecular weight excluding hydrogens is 685 g/mol. The number of fused-ring (bicyclic) bond motifs is 3. The first-order valence-electron chi connectivity index (χ1n) is 17.8. The summed E-state index contributed by atoms with van der Waals surface area (Å²) >= 11 is 3.46. The zero-order valence-electron chi connectivity index (χ0n) is 29.6. The van der Waals surface area contributed by atoms with Gasteiger partial charge in [-0.05, 0) is 111 Å². The third-order valence-electron chi connectivity index (χ3n) is 9.82. The van der Waals surface area contributed by atoms with Gasteiger partial charge in [0, 0.05) is 79.6 Å². The highest BCUT2D eigenvalue weighted by molar-refractivity contribution is 7.31. The van der Waals surface area contributed by atoms with Crippen LogP contribution in [0, 0.1) is 0 Å². The van der Waals surface area contributed by atoms with Crippen LogP contribution < -0.4 is 21.1 Å². The van der Waals surface area contributed by atoms with Crippen molar-refractivity contribution in [3.8, 4) is 43.1 Å². The number of hydrogen-bond acceptors (Lipinski definition) is 8. The minimum atomic E-state index is -0.341. The van der Waals surface area contributed by atoms with Crippen LogP contribution in [0.2, 0.25) is 0 Å². The predicted molar refractivity (Wildman–Crippen MR) is 221 cm³/mol. The molecule has 0 aliphatic heterocycles. The zero-order valence-corrected chi connectivity index (χ0v) is 31.2. The lowest BCUT2D eigenvalue weighted by Gasteiger charge is -2.21. The summed E-state index contributed by atoms with van der Waals surface area (Å²) in [7, 11) is 0. The van der Waals surface area contributed by atoms with Crippen molar-refractivity contribution in [1.82, 2.24) is 0 Å². The molecule has 4 heterocycles. The minimum absolute atomic E-state index is 0.341. The van der Waals surface area contributed by atoms with Gasteiger partial charge in [0.05, 0.1) is 11.1 Å². The first-order valence-corrected chi connectivity index (χ1v) is 19.4. The minimum Gasteiger partial charge on any atom is -0.422 e. The molecule has 0 saturated heterocycles. The second-order valence-corrected chi connectivity index (χ2v) is 15.0. The van der Waals surface area contributed by atoms with Gasteiger partial charge < -0.3 is 18.6 Å². The van der Waals surface area contributed by atoms with E-state index in [2.05, 4.69) is 86.0 Å². The molecule has 0 bridgehead atoms. The van der Waals surface area contributed by atoms with Crippen LogP contribution in [0.5, 0.6) is 0 Å². The van der Waals surface area contributed by atoms with Crippen LogP contribution in [0.15, 0.2) is 128 Å². The smallest absolute Gasteiger partial charge is 0.344 e. The van der Waals surface area contributed by atoms with Crippen molar-refractivity contribution in [2.24, 2.45) is 0 Å². The van der Waals surface area contributed by atoms with Gasteiger partial charge in [0.25, 0.3) is 0 Å². The first-order chi connectivity index (χ1) is 25.3. The fourth-order valence-electron chi connectivity index (χ4n) is 6.97. The summed E-state index contributed by atoms with van der Waals surface area (Å²) in [6.07, 6.45) is 0. The summed E-state index contributed by atoms with van der Waals surface area (Å²) in [6.45, 7) is 12.0. The lowest BCUT2D eigenvalue weighted by Crippen LogP contribution is -2.21. The Labute approximate surface area is 309 Å². The Morgan fingerprint density at radius 1 is 0.481 bits per heavy atom. The lowest BCUT2D eigenvalue weighted by molar-refractivity contribution is 0.563. The topological polar surface area (TPSA) is 66.9 Å². The van der Waals surface area contributed by atoms with Crippen molar-refractivity contribution < 1.29 is 8.83 Å². The van der Waals surface area contributed by atoms with Gasteiger partial charge in [0.15, 0.2) is 0 Å². The zero-order chi connectivity index (χ0) is 35.9. The van der Waals surface area contributed by atoms with E-state index in [1.54, 1.807) is 22.7 Å². The molecule has 0 fully saturated rings. The van der Waals surface area contributed by atoms with Crippen molar-refractivity contribution in [2.45, 2.75) is 27.7 Å². The standard InChI is InChI=1S/C44H38N2O4S2/c1-5-45(6-2)33-17-15-29-21-35(43(47)49-37(29)23-33)27-11-9-13-31(19-27)39-25-41-42(51-39)26-40(52-41)32-14-10-12-28(20-32)36-22-30-16-18-34(46(7-3)8-4)24-38(30)50-44(36)48/h9-26H,5-8H2,1-4H3. The number of benzene rings is 4. The summed E-state index contributed by atoms with van der Waals surface area (Å²) in [5.74, 6) is 0. The fraction of sp³-hybridized carbons (Fsp3) is 0.182. The number of rotatable bonds is 10. The van der Waals surface area contributed by atoms with Crippen LogP contribution in [0.4, 0.5) is 11.4 Å². The summed E-state index contributed by atoms with van der Waals surface area (Å²) < 4.78 is 14.1. The van der Waals surface area contributed by atoms with Crippen LogP contribution in [-0.4, -0.2) is 26.2 Å². The molecule has 0 amide bonds. The molecule has 4 aromatic heterocycles. The average Bonchev–Trinajstić information content (AvgIpc) is 3.76. The molecule has 0 spiro atoms. The van der Waals surface area contributed by atoms with Crippen molar-refractivity contribution >= 4 is 65.4 Å². The molecule has 0 radical (unpaired) electrons. The molecule has 0 atom stereocenters. The SMILES string of the molecule is CCN(CC)c1ccc2cc(-c3cccc(-c4cc5sc(-c6cccc(-c7cc8ccc(N(CC)CC)cc8oc7=O)c6)cc5s4)c3)c(=O)oc2c1. The highest BCUT2D eigenvalue weighted by Gasteiger charge is 2.16. The molecular formula is C44H38N2O4S2. The highest BCUT2D eigenvalue weighted by Crippen LogP contribution is 2.43. The Morgan fingerprint density at radius 2 is 0.885 bits per heavy atom. The van der Waals surface area contributed by atoms with Crippen LogP contribution in [0.25, 0.3) is 74.5 Å². The van der Waals surface area contributed by atoms with Crippen LogP contribution in [-0.2, 0) is 0 Å². The van der Waals surface area contributed by atoms with E-state index in [0.29, 0.717) is 22.3 Å². The molecule has 8 heteroatoms. The Bertz CT molecular complexity index is 2500. The van der Waals surface area contributed by atoms with Gasteiger partial charge in [0.2, 0.25) is 0 Å². The van der Waals surface area contributed by atoms with E-state index in [1.165, 1.54) is 9.40 Å². The average molecular weight is 723 g/mol. The van der Waals surface area contributed by atoms with Gasteiger partial charge in [-0.3, -0.25) is 0 Å². The molecule has 260 valence electrons. The van der Waals surface area contributed by atoms with Gasteiger partial charge in [-0.1, -0.05) is 36.4 Å². The van der Waals surface area contributed by atoms with Gasteiger partial charge in [-0.15, -0.1) is 22.7 Å². The number of thiophene rings is 2. The first kappa shape index (κ1) is 33.7. The maximum absolute atomic E-state index is 13.2. The van der Waals surface area contributed by atoms with E-state index in [1.807, 2.05) is 60.7 Å². The second kappa shape index (κ2) is 13.9. The molecule has 0 unspecified atom stereocenters. The summed E-state index contributed by atoms with van der Waals surface area (Å²) in [5, 5.41) is 1.80. The number of anilines is 2. The number of nitrogens with zero attached hydrogens (tertiary/aromatic N) is 2. The van der Waals surface area contributed by atoms with Gasteiger partial charge in [0.1, 0.15) is 11.2 Å². The van der Waals surface area contributed by atoms with E-state index < -0.39 is 0 Å². The Hall–Kier alpha value is -5.44. The fourth-order valence-corrected chi connectivity index (χ4v) is 9.36. The van der Waals surface area contributed by atoms with E-state index in [-0.39, 0.29) is 11.3 Å². The molecule has 6 nitrogen and oxygen atoms in total.